The van der Waals surface area contributed by atoms with Crippen molar-refractivity contribution in [2.45, 2.75) is 44.4 Å². The van der Waals surface area contributed by atoms with Crippen molar-refractivity contribution in [3.8, 4) is 0 Å². The van der Waals surface area contributed by atoms with Crippen molar-refractivity contribution in [1.82, 2.24) is 4.98 Å². The van der Waals surface area contributed by atoms with E-state index in [0.29, 0.717) is 5.92 Å². The molecule has 2 fully saturated rings. The van der Waals surface area contributed by atoms with E-state index in [4.69, 9.17) is 0 Å². The van der Waals surface area contributed by atoms with Crippen LogP contribution in [0.4, 0.5) is 4.39 Å². The molecule has 2 aromatic rings. The summed E-state index contributed by atoms with van der Waals surface area (Å²) < 4.78 is 13.6. The van der Waals surface area contributed by atoms with E-state index >= 15 is 0 Å². The molecule has 0 radical (unpaired) electrons. The van der Waals surface area contributed by atoms with Crippen LogP contribution >= 0.6 is 0 Å². The number of hydrogen-bond acceptors (Lipinski definition) is 2. The minimum Gasteiger partial charge on any atom is -0.481 e. The second-order valence-corrected chi connectivity index (χ2v) is 7.13. The average Bonchev–Trinajstić information content (AvgIpc) is 2.53. The summed E-state index contributed by atoms with van der Waals surface area (Å²) in [6.45, 7) is 0. The first-order valence-corrected chi connectivity index (χ1v) is 8.36. The Morgan fingerprint density at radius 1 is 1.17 bits per heavy atom. The third-order valence-corrected chi connectivity index (χ3v) is 6.13. The number of rotatable bonds is 2. The summed E-state index contributed by atoms with van der Waals surface area (Å²) in [5.41, 5.74) is 2.02. The number of carboxylic acids is 1. The van der Waals surface area contributed by atoms with Gasteiger partial charge in [0.05, 0.1) is 11.4 Å². The van der Waals surface area contributed by atoms with E-state index in [1.54, 1.807) is 18.3 Å². The normalized spacial score (nSPS) is 30.3. The van der Waals surface area contributed by atoms with Crippen molar-refractivity contribution < 1.29 is 14.3 Å². The largest absolute Gasteiger partial charge is 0.481 e. The standard InChI is InChI=1S/C19H20FNO2/c20-13-1-2-17-15(11-13)14(6-10-21-17)12-3-7-19(8-4-12)9-5-16(19)18(22)23/h1-2,6,10-12,16H,3-5,7-9H2,(H,22,23)/t12-,16-,19+/m1/s1. The lowest BCUT2D eigenvalue weighted by atomic mass is 9.52. The van der Waals surface area contributed by atoms with Gasteiger partial charge >= 0.3 is 5.97 Å². The number of carbonyl (C=O) groups is 1. The number of aromatic nitrogens is 1. The minimum absolute atomic E-state index is 0.0242. The molecule has 2 aliphatic carbocycles. The molecule has 0 bridgehead atoms. The van der Waals surface area contributed by atoms with Gasteiger partial charge in [-0.3, -0.25) is 9.78 Å². The van der Waals surface area contributed by atoms with Gasteiger partial charge in [0.15, 0.2) is 0 Å². The van der Waals surface area contributed by atoms with E-state index < -0.39 is 5.97 Å². The van der Waals surface area contributed by atoms with E-state index in [1.807, 2.05) is 6.07 Å². The Kier molecular flexibility index (Phi) is 3.36. The topological polar surface area (TPSA) is 50.2 Å². The predicted molar refractivity (Wildman–Crippen MR) is 85.7 cm³/mol. The SMILES string of the molecule is O=C(O)[C@H]1CC[C@]12CC[C@H](c1ccnc3ccc(F)cc31)CC2. The van der Waals surface area contributed by atoms with Gasteiger partial charge in [0.2, 0.25) is 0 Å². The molecule has 0 unspecified atom stereocenters. The van der Waals surface area contributed by atoms with Crippen LogP contribution < -0.4 is 0 Å². The molecule has 1 aromatic heterocycles. The summed E-state index contributed by atoms with van der Waals surface area (Å²) in [5, 5.41) is 10.3. The smallest absolute Gasteiger partial charge is 0.307 e. The van der Waals surface area contributed by atoms with Crippen molar-refractivity contribution in [2.75, 3.05) is 0 Å². The van der Waals surface area contributed by atoms with Crippen molar-refractivity contribution in [2.24, 2.45) is 11.3 Å². The summed E-state index contributed by atoms with van der Waals surface area (Å²) in [6, 6.07) is 6.75. The fourth-order valence-corrected chi connectivity index (χ4v) is 4.68. The van der Waals surface area contributed by atoms with Crippen LogP contribution in [0.3, 0.4) is 0 Å². The molecule has 1 atom stereocenters. The van der Waals surface area contributed by atoms with Crippen molar-refractivity contribution >= 4 is 16.9 Å². The Bertz CT molecular complexity index is 765. The van der Waals surface area contributed by atoms with E-state index in [0.717, 1.165) is 55.0 Å². The van der Waals surface area contributed by atoms with Gasteiger partial charge in [0.25, 0.3) is 0 Å². The van der Waals surface area contributed by atoms with Crippen LogP contribution in [-0.4, -0.2) is 16.1 Å². The first-order valence-electron chi connectivity index (χ1n) is 8.36. The maximum atomic E-state index is 13.6. The second-order valence-electron chi connectivity index (χ2n) is 7.13. The lowest BCUT2D eigenvalue weighted by Crippen LogP contribution is -2.46. The Morgan fingerprint density at radius 3 is 2.57 bits per heavy atom. The lowest BCUT2D eigenvalue weighted by molar-refractivity contribution is -0.157. The summed E-state index contributed by atoms with van der Waals surface area (Å²) in [4.78, 5) is 15.7. The third kappa shape index (κ3) is 2.32. The molecule has 4 heteroatoms. The van der Waals surface area contributed by atoms with Crippen LogP contribution in [0.15, 0.2) is 30.5 Å². The van der Waals surface area contributed by atoms with E-state index in [-0.39, 0.29) is 17.2 Å². The van der Waals surface area contributed by atoms with E-state index in [1.165, 1.54) is 6.07 Å². The van der Waals surface area contributed by atoms with Crippen LogP contribution in [0, 0.1) is 17.2 Å². The van der Waals surface area contributed by atoms with Crippen molar-refractivity contribution in [1.29, 1.82) is 0 Å². The van der Waals surface area contributed by atoms with Gasteiger partial charge in [-0.25, -0.2) is 4.39 Å². The lowest BCUT2D eigenvalue weighted by Gasteiger charge is -2.51. The van der Waals surface area contributed by atoms with Crippen LogP contribution in [0.2, 0.25) is 0 Å². The Morgan fingerprint density at radius 2 is 1.91 bits per heavy atom. The first kappa shape index (κ1) is 14.6. The maximum absolute atomic E-state index is 13.6. The Hall–Kier alpha value is -1.97. The van der Waals surface area contributed by atoms with Gasteiger partial charge in [-0.2, -0.15) is 0 Å². The highest BCUT2D eigenvalue weighted by Gasteiger charge is 2.51. The Labute approximate surface area is 134 Å². The number of fused-ring (bicyclic) bond motifs is 1. The average molecular weight is 313 g/mol. The summed E-state index contributed by atoms with van der Waals surface area (Å²) in [5.74, 6) is -0.645. The molecular formula is C19H20FNO2. The van der Waals surface area contributed by atoms with Gasteiger partial charge in [-0.1, -0.05) is 0 Å². The van der Waals surface area contributed by atoms with Gasteiger partial charge in [-0.15, -0.1) is 0 Å². The fraction of sp³-hybridized carbons (Fsp3) is 0.474. The van der Waals surface area contributed by atoms with E-state index in [2.05, 4.69) is 4.98 Å². The molecule has 1 aromatic carbocycles. The van der Waals surface area contributed by atoms with Crippen molar-refractivity contribution in [3.05, 3.63) is 41.8 Å². The highest BCUT2D eigenvalue weighted by Crippen LogP contribution is 2.58. The molecule has 1 spiro atoms. The number of aliphatic carboxylic acids is 1. The number of benzene rings is 1. The van der Waals surface area contributed by atoms with Gasteiger partial charge in [0.1, 0.15) is 5.82 Å². The molecule has 1 heterocycles. The summed E-state index contributed by atoms with van der Waals surface area (Å²) >= 11 is 0. The second kappa shape index (κ2) is 5.29. The highest BCUT2D eigenvalue weighted by atomic mass is 19.1. The first-order chi connectivity index (χ1) is 11.1. The van der Waals surface area contributed by atoms with Gasteiger partial charge in [0, 0.05) is 11.6 Å². The monoisotopic (exact) mass is 313 g/mol. The van der Waals surface area contributed by atoms with Crippen LogP contribution in [0.25, 0.3) is 10.9 Å². The highest BCUT2D eigenvalue weighted by molar-refractivity contribution is 5.82. The molecule has 1 N–H and O–H groups in total. The minimum atomic E-state index is -0.633. The molecule has 3 nitrogen and oxygen atoms in total. The number of pyridine rings is 1. The molecule has 0 aliphatic heterocycles. The summed E-state index contributed by atoms with van der Waals surface area (Å²) in [7, 11) is 0. The van der Waals surface area contributed by atoms with Gasteiger partial charge in [-0.05, 0) is 79.7 Å². The maximum Gasteiger partial charge on any atom is 0.307 e. The zero-order chi connectivity index (χ0) is 16.0. The predicted octanol–water partition coefficient (Wildman–Crippen LogP) is 4.51. The number of halogens is 1. The molecule has 0 saturated heterocycles. The Balaban J connectivity index is 1.60. The molecule has 4 rings (SSSR count). The zero-order valence-corrected chi connectivity index (χ0v) is 13.0. The summed E-state index contributed by atoms with van der Waals surface area (Å²) in [6.07, 6.45) is 7.56. The fourth-order valence-electron chi connectivity index (χ4n) is 4.68. The molecule has 2 aliphatic rings. The number of hydrogen-bond donors (Lipinski definition) is 1. The van der Waals surface area contributed by atoms with Crippen LogP contribution in [0.1, 0.15) is 50.0 Å². The molecular weight excluding hydrogens is 293 g/mol. The number of nitrogens with zero attached hydrogens (tertiary/aromatic N) is 1. The van der Waals surface area contributed by atoms with Gasteiger partial charge < -0.3 is 5.11 Å². The van der Waals surface area contributed by atoms with E-state index in [9.17, 15) is 14.3 Å². The molecule has 2 saturated carbocycles. The number of carboxylic acid groups (broad SMARTS) is 1. The van der Waals surface area contributed by atoms with Crippen molar-refractivity contribution in [3.63, 3.8) is 0 Å². The van der Waals surface area contributed by atoms with Crippen LogP contribution in [-0.2, 0) is 4.79 Å². The molecule has 120 valence electrons. The van der Waals surface area contributed by atoms with Crippen LogP contribution in [0.5, 0.6) is 0 Å². The quantitative estimate of drug-likeness (QED) is 0.887. The zero-order valence-electron chi connectivity index (χ0n) is 13.0. The third-order valence-electron chi connectivity index (χ3n) is 6.13. The molecule has 23 heavy (non-hydrogen) atoms. The molecule has 0 amide bonds.